The maximum atomic E-state index is 12.4. The molecule has 0 aliphatic heterocycles. The van der Waals surface area contributed by atoms with E-state index in [0.717, 1.165) is 35.7 Å². The van der Waals surface area contributed by atoms with E-state index in [9.17, 15) is 10.1 Å². The van der Waals surface area contributed by atoms with Gasteiger partial charge in [0.2, 0.25) is 0 Å². The summed E-state index contributed by atoms with van der Waals surface area (Å²) in [5.74, 6) is 0.206. The van der Waals surface area contributed by atoms with Crippen LogP contribution in [0.5, 0.6) is 0 Å². The fourth-order valence-corrected chi connectivity index (χ4v) is 3.29. The van der Waals surface area contributed by atoms with Crippen LogP contribution in [0.2, 0.25) is 0 Å². The van der Waals surface area contributed by atoms with Crippen LogP contribution in [0, 0.1) is 17.2 Å². The number of carbonyl (C=O) groups excluding carboxylic acids is 1. The minimum Gasteiger partial charge on any atom is -0.361 e. The van der Waals surface area contributed by atoms with Crippen LogP contribution in [-0.2, 0) is 4.79 Å². The van der Waals surface area contributed by atoms with Gasteiger partial charge in [0, 0.05) is 28.7 Å². The van der Waals surface area contributed by atoms with Gasteiger partial charge in [-0.15, -0.1) is 0 Å². The number of aromatic amines is 1. The quantitative estimate of drug-likeness (QED) is 0.669. The van der Waals surface area contributed by atoms with Crippen molar-refractivity contribution in [3.63, 3.8) is 0 Å². The standard InChI is InChI=1S/C19H21N3O/c1-13-6-2-4-8-17(13)22-19(23)14(11-20)10-15-12-21-18-9-5-3-7-16(15)18/h3,5,7,9-10,12-13,17,21H,2,4,6,8H2,1H3,(H,22,23)/b14-10+/t13-,17+/m0/s1. The Bertz CT molecular complexity index is 781. The summed E-state index contributed by atoms with van der Waals surface area (Å²) in [5.41, 5.74) is 2.02. The number of fused-ring (bicyclic) bond motifs is 1. The maximum absolute atomic E-state index is 12.4. The molecule has 118 valence electrons. The third-order valence-corrected chi connectivity index (χ3v) is 4.71. The van der Waals surface area contributed by atoms with Crippen molar-refractivity contribution in [3.8, 4) is 6.07 Å². The normalized spacial score (nSPS) is 21.8. The lowest BCUT2D eigenvalue weighted by Gasteiger charge is -2.29. The Kier molecular flexibility index (Phi) is 4.47. The van der Waals surface area contributed by atoms with Crippen LogP contribution in [0.15, 0.2) is 36.0 Å². The van der Waals surface area contributed by atoms with E-state index in [1.807, 2.05) is 36.5 Å². The average Bonchev–Trinajstić information content (AvgIpc) is 2.97. The predicted octanol–water partition coefficient (Wildman–Crippen LogP) is 3.77. The summed E-state index contributed by atoms with van der Waals surface area (Å²) < 4.78 is 0. The second-order valence-corrected chi connectivity index (χ2v) is 6.30. The molecule has 1 aliphatic carbocycles. The number of H-pyrrole nitrogens is 1. The van der Waals surface area contributed by atoms with Crippen molar-refractivity contribution in [2.24, 2.45) is 5.92 Å². The number of rotatable bonds is 3. The number of nitrogens with zero attached hydrogens (tertiary/aromatic N) is 1. The van der Waals surface area contributed by atoms with E-state index < -0.39 is 0 Å². The predicted molar refractivity (Wildman–Crippen MR) is 91.5 cm³/mol. The van der Waals surface area contributed by atoms with Crippen LogP contribution in [0.1, 0.15) is 38.2 Å². The summed E-state index contributed by atoms with van der Waals surface area (Å²) in [6.45, 7) is 2.17. The molecular weight excluding hydrogens is 286 g/mol. The van der Waals surface area contributed by atoms with E-state index >= 15 is 0 Å². The molecule has 1 heterocycles. The molecule has 3 rings (SSSR count). The van der Waals surface area contributed by atoms with E-state index in [2.05, 4.69) is 17.2 Å². The number of nitriles is 1. The van der Waals surface area contributed by atoms with Gasteiger partial charge in [-0.3, -0.25) is 4.79 Å². The van der Waals surface area contributed by atoms with Crippen LogP contribution >= 0.6 is 0 Å². The summed E-state index contributed by atoms with van der Waals surface area (Å²) in [6, 6.07) is 10.1. The lowest BCUT2D eigenvalue weighted by Crippen LogP contribution is -2.41. The fourth-order valence-electron chi connectivity index (χ4n) is 3.29. The number of nitrogens with one attached hydrogen (secondary N) is 2. The first-order chi connectivity index (χ1) is 11.2. The summed E-state index contributed by atoms with van der Waals surface area (Å²) in [4.78, 5) is 15.6. The summed E-state index contributed by atoms with van der Waals surface area (Å²) in [6.07, 6.45) is 8.00. The largest absolute Gasteiger partial charge is 0.361 e. The molecule has 0 radical (unpaired) electrons. The molecular formula is C19H21N3O. The summed E-state index contributed by atoms with van der Waals surface area (Å²) in [5, 5.41) is 13.4. The van der Waals surface area contributed by atoms with Crippen molar-refractivity contribution in [2.45, 2.75) is 38.6 Å². The van der Waals surface area contributed by atoms with Gasteiger partial charge in [-0.1, -0.05) is 38.0 Å². The second kappa shape index (κ2) is 6.70. The molecule has 0 unspecified atom stereocenters. The van der Waals surface area contributed by atoms with Gasteiger partial charge in [0.05, 0.1) is 0 Å². The average molecular weight is 307 g/mol. The van der Waals surface area contributed by atoms with Crippen molar-refractivity contribution < 1.29 is 4.79 Å². The van der Waals surface area contributed by atoms with Crippen molar-refractivity contribution in [2.75, 3.05) is 0 Å². The minimum absolute atomic E-state index is 0.160. The van der Waals surface area contributed by atoms with Crippen LogP contribution < -0.4 is 5.32 Å². The first kappa shape index (κ1) is 15.4. The second-order valence-electron chi connectivity index (χ2n) is 6.30. The molecule has 0 spiro atoms. The number of amides is 1. The molecule has 1 saturated carbocycles. The molecule has 4 heteroatoms. The molecule has 1 aliphatic rings. The van der Waals surface area contributed by atoms with E-state index in [-0.39, 0.29) is 17.5 Å². The van der Waals surface area contributed by atoms with Gasteiger partial charge in [0.15, 0.2) is 0 Å². The molecule has 1 aromatic carbocycles. The lowest BCUT2D eigenvalue weighted by atomic mass is 9.86. The molecule has 2 aromatic rings. The molecule has 0 saturated heterocycles. The van der Waals surface area contributed by atoms with Crippen molar-refractivity contribution >= 4 is 22.9 Å². The molecule has 1 fully saturated rings. The summed E-state index contributed by atoms with van der Waals surface area (Å²) >= 11 is 0. The Morgan fingerprint density at radius 1 is 1.35 bits per heavy atom. The first-order valence-electron chi connectivity index (χ1n) is 8.18. The molecule has 2 N–H and O–H groups in total. The minimum atomic E-state index is -0.267. The Hall–Kier alpha value is -2.54. The zero-order valence-electron chi connectivity index (χ0n) is 13.3. The molecule has 23 heavy (non-hydrogen) atoms. The Morgan fingerprint density at radius 3 is 2.91 bits per heavy atom. The molecule has 2 atom stereocenters. The monoisotopic (exact) mass is 307 g/mol. The fraction of sp³-hybridized carbons (Fsp3) is 0.368. The number of hydrogen-bond donors (Lipinski definition) is 2. The molecule has 4 nitrogen and oxygen atoms in total. The van der Waals surface area contributed by atoms with Crippen molar-refractivity contribution in [1.29, 1.82) is 5.26 Å². The Labute approximate surface area is 136 Å². The molecule has 1 amide bonds. The third kappa shape index (κ3) is 3.29. The van der Waals surface area contributed by atoms with E-state index in [1.54, 1.807) is 6.08 Å². The number of carbonyl (C=O) groups is 1. The van der Waals surface area contributed by atoms with Gasteiger partial charge in [-0.2, -0.15) is 5.26 Å². The highest BCUT2D eigenvalue weighted by Gasteiger charge is 2.24. The van der Waals surface area contributed by atoms with Gasteiger partial charge < -0.3 is 10.3 Å². The van der Waals surface area contributed by atoms with Gasteiger partial charge in [0.1, 0.15) is 11.6 Å². The van der Waals surface area contributed by atoms with Crippen LogP contribution in [-0.4, -0.2) is 16.9 Å². The van der Waals surface area contributed by atoms with Gasteiger partial charge in [-0.25, -0.2) is 0 Å². The molecule has 0 bridgehead atoms. The highest BCUT2D eigenvalue weighted by molar-refractivity contribution is 6.04. The van der Waals surface area contributed by atoms with Crippen molar-refractivity contribution in [3.05, 3.63) is 41.6 Å². The number of benzene rings is 1. The van der Waals surface area contributed by atoms with E-state index in [0.29, 0.717) is 5.92 Å². The lowest BCUT2D eigenvalue weighted by molar-refractivity contribution is -0.118. The van der Waals surface area contributed by atoms with Crippen LogP contribution in [0.25, 0.3) is 17.0 Å². The summed E-state index contributed by atoms with van der Waals surface area (Å²) in [7, 11) is 0. The SMILES string of the molecule is C[C@H]1CCCC[C@H]1NC(=O)/C(C#N)=C/c1c[nH]c2ccccc12. The number of aromatic nitrogens is 1. The van der Waals surface area contributed by atoms with E-state index in [4.69, 9.17) is 0 Å². The first-order valence-corrected chi connectivity index (χ1v) is 8.18. The van der Waals surface area contributed by atoms with E-state index in [1.165, 1.54) is 6.42 Å². The smallest absolute Gasteiger partial charge is 0.262 e. The maximum Gasteiger partial charge on any atom is 0.262 e. The highest BCUT2D eigenvalue weighted by Crippen LogP contribution is 2.24. The topological polar surface area (TPSA) is 68.7 Å². The van der Waals surface area contributed by atoms with Gasteiger partial charge >= 0.3 is 0 Å². The molecule has 1 aromatic heterocycles. The Morgan fingerprint density at radius 2 is 2.13 bits per heavy atom. The third-order valence-electron chi connectivity index (χ3n) is 4.71. The van der Waals surface area contributed by atoms with Gasteiger partial charge in [0.25, 0.3) is 5.91 Å². The zero-order chi connectivity index (χ0) is 16.2. The zero-order valence-corrected chi connectivity index (χ0v) is 13.3. The number of hydrogen-bond acceptors (Lipinski definition) is 2. The van der Waals surface area contributed by atoms with Crippen molar-refractivity contribution in [1.82, 2.24) is 10.3 Å². The van der Waals surface area contributed by atoms with Crippen LogP contribution in [0.3, 0.4) is 0 Å². The van der Waals surface area contributed by atoms with Crippen LogP contribution in [0.4, 0.5) is 0 Å². The Balaban J connectivity index is 1.81. The highest BCUT2D eigenvalue weighted by atomic mass is 16.1. The number of para-hydroxylation sites is 1. The van der Waals surface area contributed by atoms with Gasteiger partial charge in [-0.05, 0) is 30.9 Å².